The van der Waals surface area contributed by atoms with Crippen LogP contribution in [-0.4, -0.2) is 71.4 Å². The summed E-state index contributed by atoms with van der Waals surface area (Å²) in [7, 11) is 0. The van der Waals surface area contributed by atoms with Crippen molar-refractivity contribution < 1.29 is 28.7 Å². The number of rotatable bonds is 10. The van der Waals surface area contributed by atoms with E-state index in [1.54, 1.807) is 43.0 Å². The number of amides is 4. The van der Waals surface area contributed by atoms with Crippen LogP contribution in [0.1, 0.15) is 105 Å². The standard InChI is InChI=1S/C29H42N4O6/c1-20(38-28(36)30-22-12-5-3-6-13-22)32(21(2)39-29(37)31-23-14-7-4-8-15-23)18-11-19-33-26(34)24-16-9-10-17-25(24)27(33)35/h9-10,16-17,20-23H,3-8,11-15,18-19H2,1-2H3,(H,30,36)(H,31,37). The van der Waals surface area contributed by atoms with Gasteiger partial charge >= 0.3 is 12.2 Å². The molecule has 2 N–H and O–H groups in total. The van der Waals surface area contributed by atoms with Crippen LogP contribution in [0.5, 0.6) is 0 Å². The second kappa shape index (κ2) is 13.8. The van der Waals surface area contributed by atoms with E-state index in [9.17, 15) is 19.2 Å². The number of carbonyl (C=O) groups is 4. The van der Waals surface area contributed by atoms with Crippen molar-refractivity contribution in [3.05, 3.63) is 35.4 Å². The van der Waals surface area contributed by atoms with Crippen LogP contribution in [0.2, 0.25) is 0 Å². The molecule has 0 aromatic heterocycles. The highest BCUT2D eigenvalue weighted by Gasteiger charge is 2.35. The Hall–Kier alpha value is -3.14. The van der Waals surface area contributed by atoms with Crippen molar-refractivity contribution in [2.45, 2.75) is 109 Å². The van der Waals surface area contributed by atoms with E-state index in [4.69, 9.17) is 9.47 Å². The number of hydrogen-bond donors (Lipinski definition) is 2. The Labute approximate surface area is 230 Å². The Morgan fingerprint density at radius 2 is 1.26 bits per heavy atom. The summed E-state index contributed by atoms with van der Waals surface area (Å²) in [6.45, 7) is 4.01. The van der Waals surface area contributed by atoms with Gasteiger partial charge < -0.3 is 20.1 Å². The maximum atomic E-state index is 12.8. The molecule has 1 heterocycles. The SMILES string of the molecule is CC(OC(=O)NC1CCCCC1)N(CCCN1C(=O)c2ccccc2C1=O)C(C)OC(=O)NC1CCCCC1. The number of fused-ring (bicyclic) bond motifs is 1. The Balaban J connectivity index is 1.35. The molecule has 1 aromatic rings. The Morgan fingerprint density at radius 1 is 0.821 bits per heavy atom. The number of carbonyl (C=O) groups excluding carboxylic acids is 4. The van der Waals surface area contributed by atoms with Crippen LogP contribution >= 0.6 is 0 Å². The first-order valence-electron chi connectivity index (χ1n) is 14.5. The van der Waals surface area contributed by atoms with Crippen LogP contribution in [-0.2, 0) is 9.47 Å². The Bertz CT molecular complexity index is 946. The van der Waals surface area contributed by atoms with Crippen LogP contribution in [0.25, 0.3) is 0 Å². The highest BCUT2D eigenvalue weighted by Crippen LogP contribution is 2.23. The van der Waals surface area contributed by atoms with E-state index in [2.05, 4.69) is 10.6 Å². The first-order chi connectivity index (χ1) is 18.8. The monoisotopic (exact) mass is 542 g/mol. The molecule has 4 rings (SSSR count). The lowest BCUT2D eigenvalue weighted by Crippen LogP contribution is -2.49. The van der Waals surface area contributed by atoms with Crippen molar-refractivity contribution >= 4 is 24.0 Å². The maximum Gasteiger partial charge on any atom is 0.408 e. The van der Waals surface area contributed by atoms with E-state index in [1.807, 2.05) is 0 Å². The number of nitrogens with one attached hydrogen (secondary N) is 2. The predicted molar refractivity (Wildman–Crippen MR) is 145 cm³/mol. The van der Waals surface area contributed by atoms with Crippen LogP contribution < -0.4 is 10.6 Å². The molecule has 2 saturated carbocycles. The number of imide groups is 1. The van der Waals surface area contributed by atoms with Crippen molar-refractivity contribution in [2.75, 3.05) is 13.1 Å². The number of alkyl carbamates (subject to hydrolysis) is 2. The Morgan fingerprint density at radius 3 is 1.69 bits per heavy atom. The van der Waals surface area contributed by atoms with Gasteiger partial charge in [-0.25, -0.2) is 14.5 Å². The smallest absolute Gasteiger partial charge is 0.408 e. The van der Waals surface area contributed by atoms with E-state index in [-0.39, 0.29) is 30.4 Å². The lowest BCUT2D eigenvalue weighted by atomic mass is 9.96. The molecule has 214 valence electrons. The highest BCUT2D eigenvalue weighted by atomic mass is 16.6. The van der Waals surface area contributed by atoms with Crippen LogP contribution in [0, 0.1) is 0 Å². The molecule has 0 spiro atoms. The van der Waals surface area contributed by atoms with Gasteiger partial charge in [-0.05, 0) is 58.1 Å². The molecule has 39 heavy (non-hydrogen) atoms. The average Bonchev–Trinajstić information content (AvgIpc) is 3.16. The zero-order chi connectivity index (χ0) is 27.8. The molecular formula is C29H42N4O6. The van der Waals surface area contributed by atoms with Crippen LogP contribution in [0.15, 0.2) is 24.3 Å². The fraction of sp³-hybridized carbons (Fsp3) is 0.655. The first-order valence-corrected chi connectivity index (χ1v) is 14.5. The number of hydrogen-bond acceptors (Lipinski definition) is 7. The van der Waals surface area contributed by atoms with E-state index < -0.39 is 24.6 Å². The van der Waals surface area contributed by atoms with E-state index in [1.165, 1.54) is 17.7 Å². The third-order valence-corrected chi connectivity index (χ3v) is 8.02. The number of nitrogens with zero attached hydrogens (tertiary/aromatic N) is 2. The van der Waals surface area contributed by atoms with Crippen LogP contribution in [0.4, 0.5) is 9.59 Å². The van der Waals surface area contributed by atoms with Gasteiger partial charge in [-0.2, -0.15) is 0 Å². The quantitative estimate of drug-likeness (QED) is 0.323. The van der Waals surface area contributed by atoms with Gasteiger partial charge in [0, 0.05) is 25.2 Å². The van der Waals surface area contributed by atoms with Crippen LogP contribution in [0.3, 0.4) is 0 Å². The molecule has 2 fully saturated rings. The summed E-state index contributed by atoms with van der Waals surface area (Å²) in [5.41, 5.74) is 0.818. The third-order valence-electron chi connectivity index (χ3n) is 8.02. The molecule has 1 aromatic carbocycles. The van der Waals surface area contributed by atoms with Gasteiger partial charge in [0.1, 0.15) is 0 Å². The second-order valence-electron chi connectivity index (χ2n) is 10.9. The summed E-state index contributed by atoms with van der Waals surface area (Å²) in [6, 6.07) is 7.01. The van der Waals surface area contributed by atoms with Crippen molar-refractivity contribution in [3.8, 4) is 0 Å². The van der Waals surface area contributed by atoms with Gasteiger partial charge in [-0.1, -0.05) is 50.7 Å². The molecule has 10 nitrogen and oxygen atoms in total. The molecule has 2 atom stereocenters. The van der Waals surface area contributed by atoms with E-state index >= 15 is 0 Å². The lowest BCUT2D eigenvalue weighted by molar-refractivity contribution is -0.0930. The summed E-state index contributed by atoms with van der Waals surface area (Å²) in [5.74, 6) is -0.621. The summed E-state index contributed by atoms with van der Waals surface area (Å²) in [4.78, 5) is 53.8. The summed E-state index contributed by atoms with van der Waals surface area (Å²) < 4.78 is 11.4. The predicted octanol–water partition coefficient (Wildman–Crippen LogP) is 4.78. The zero-order valence-corrected chi connectivity index (χ0v) is 23.2. The minimum atomic E-state index is -0.701. The summed E-state index contributed by atoms with van der Waals surface area (Å²) >= 11 is 0. The van der Waals surface area contributed by atoms with Gasteiger partial charge in [-0.15, -0.1) is 0 Å². The average molecular weight is 543 g/mol. The van der Waals surface area contributed by atoms with Crippen molar-refractivity contribution in [1.29, 1.82) is 0 Å². The van der Waals surface area contributed by atoms with Crippen molar-refractivity contribution in [3.63, 3.8) is 0 Å². The molecule has 2 aliphatic carbocycles. The number of ether oxygens (including phenoxy) is 2. The van der Waals surface area contributed by atoms with Crippen molar-refractivity contribution in [1.82, 2.24) is 20.4 Å². The highest BCUT2D eigenvalue weighted by molar-refractivity contribution is 6.21. The van der Waals surface area contributed by atoms with Gasteiger partial charge in [-0.3, -0.25) is 14.5 Å². The molecule has 0 bridgehead atoms. The van der Waals surface area contributed by atoms with Gasteiger partial charge in [0.25, 0.3) is 11.8 Å². The molecule has 2 unspecified atom stereocenters. The molecule has 0 saturated heterocycles. The van der Waals surface area contributed by atoms with Crippen molar-refractivity contribution in [2.24, 2.45) is 0 Å². The molecule has 3 aliphatic rings. The summed E-state index contributed by atoms with van der Waals surface area (Å²) in [5, 5.41) is 5.91. The van der Waals surface area contributed by atoms with E-state index in [0.717, 1.165) is 51.4 Å². The van der Waals surface area contributed by atoms with Gasteiger partial charge in [0.15, 0.2) is 12.5 Å². The zero-order valence-electron chi connectivity index (χ0n) is 23.2. The normalized spacial score (nSPS) is 19.9. The van der Waals surface area contributed by atoms with Gasteiger partial charge in [0.2, 0.25) is 0 Å². The fourth-order valence-electron chi connectivity index (χ4n) is 5.85. The second-order valence-corrected chi connectivity index (χ2v) is 10.9. The molecule has 4 amide bonds. The molecule has 10 heteroatoms. The van der Waals surface area contributed by atoms with Gasteiger partial charge in [0.05, 0.1) is 11.1 Å². The third kappa shape index (κ3) is 7.71. The molecule has 1 aliphatic heterocycles. The maximum absolute atomic E-state index is 12.8. The molecular weight excluding hydrogens is 500 g/mol. The summed E-state index contributed by atoms with van der Waals surface area (Å²) in [6.07, 6.45) is 8.49. The number of benzene rings is 1. The topological polar surface area (TPSA) is 117 Å². The minimum Gasteiger partial charge on any atom is -0.430 e. The van der Waals surface area contributed by atoms with E-state index in [0.29, 0.717) is 24.1 Å². The fourth-order valence-corrected chi connectivity index (χ4v) is 5.85. The first kappa shape index (κ1) is 28.9. The Kier molecular flexibility index (Phi) is 10.2. The lowest BCUT2D eigenvalue weighted by Gasteiger charge is -2.34. The minimum absolute atomic E-state index is 0.107. The largest absolute Gasteiger partial charge is 0.430 e. The molecule has 0 radical (unpaired) electrons.